The molecule has 0 saturated carbocycles. The van der Waals surface area contributed by atoms with Crippen molar-refractivity contribution in [3.05, 3.63) is 64.8 Å². The number of thioether (sulfide) groups is 1. The Balaban J connectivity index is 1.71. The van der Waals surface area contributed by atoms with Crippen LogP contribution in [0.5, 0.6) is 5.75 Å². The molecule has 2 aromatic rings. The van der Waals surface area contributed by atoms with Gasteiger partial charge in [-0.25, -0.2) is 4.39 Å². The van der Waals surface area contributed by atoms with Gasteiger partial charge in [0.1, 0.15) is 18.1 Å². The summed E-state index contributed by atoms with van der Waals surface area (Å²) in [7, 11) is 1.53. The lowest BCUT2D eigenvalue weighted by Gasteiger charge is -2.12. The van der Waals surface area contributed by atoms with Crippen LogP contribution < -0.4 is 10.1 Å². The minimum Gasteiger partial charge on any atom is -0.497 e. The van der Waals surface area contributed by atoms with E-state index in [0.29, 0.717) is 11.3 Å². The van der Waals surface area contributed by atoms with E-state index in [0.717, 1.165) is 16.7 Å². The van der Waals surface area contributed by atoms with Gasteiger partial charge in [-0.1, -0.05) is 24.3 Å². The van der Waals surface area contributed by atoms with Crippen molar-refractivity contribution in [3.63, 3.8) is 0 Å². The quantitative estimate of drug-likeness (QED) is 0.796. The maximum Gasteiger partial charge on any atom is 0.294 e. The standard InChI is InChI=1S/C19H15FN2O4S/c1-26-13-6-4-5-12(9-13)10-16-18(24)22(19(25)27-16)11-17(23)21-15-8-3-2-7-14(15)20/h2-10H,11H2,1H3,(H,21,23)/b16-10-. The van der Waals surface area contributed by atoms with Crippen LogP contribution in [0.25, 0.3) is 6.08 Å². The molecule has 0 spiro atoms. The zero-order chi connectivity index (χ0) is 19.4. The molecule has 1 fully saturated rings. The summed E-state index contributed by atoms with van der Waals surface area (Å²) in [5.41, 5.74) is 0.678. The Bertz CT molecular complexity index is 945. The van der Waals surface area contributed by atoms with Crippen LogP contribution in [0.3, 0.4) is 0 Å². The molecule has 3 rings (SSSR count). The molecule has 0 bridgehead atoms. The first-order valence-corrected chi connectivity index (χ1v) is 8.73. The van der Waals surface area contributed by atoms with Crippen LogP contribution >= 0.6 is 11.8 Å². The molecule has 1 aliphatic heterocycles. The molecule has 1 heterocycles. The third kappa shape index (κ3) is 4.35. The summed E-state index contributed by atoms with van der Waals surface area (Å²) in [5, 5.41) is 1.79. The lowest BCUT2D eigenvalue weighted by atomic mass is 10.2. The lowest BCUT2D eigenvalue weighted by Crippen LogP contribution is -2.36. The first-order valence-electron chi connectivity index (χ1n) is 7.92. The third-order valence-corrected chi connectivity index (χ3v) is 4.62. The van der Waals surface area contributed by atoms with Crippen molar-refractivity contribution >= 4 is 40.6 Å². The number of anilines is 1. The number of benzene rings is 2. The summed E-state index contributed by atoms with van der Waals surface area (Å²) < 4.78 is 18.7. The van der Waals surface area contributed by atoms with Crippen LogP contribution in [0, 0.1) is 5.82 Å². The first kappa shape index (κ1) is 18.7. The van der Waals surface area contributed by atoms with Crippen molar-refractivity contribution in [2.75, 3.05) is 19.0 Å². The second-order valence-corrected chi connectivity index (χ2v) is 6.57. The highest BCUT2D eigenvalue weighted by atomic mass is 32.2. The zero-order valence-corrected chi connectivity index (χ0v) is 15.1. The van der Waals surface area contributed by atoms with Crippen LogP contribution in [-0.2, 0) is 9.59 Å². The SMILES string of the molecule is COc1cccc(/C=C2\SC(=O)N(CC(=O)Nc3ccccc3F)C2=O)c1. The predicted molar refractivity (Wildman–Crippen MR) is 101 cm³/mol. The molecule has 0 atom stereocenters. The molecule has 1 aliphatic rings. The first-order chi connectivity index (χ1) is 13.0. The number of nitrogens with one attached hydrogen (secondary N) is 1. The molecular weight excluding hydrogens is 371 g/mol. The molecular formula is C19H15FN2O4S. The summed E-state index contributed by atoms with van der Waals surface area (Å²) in [6, 6.07) is 12.7. The molecule has 8 heteroatoms. The van der Waals surface area contributed by atoms with Gasteiger partial charge >= 0.3 is 0 Å². The van der Waals surface area contributed by atoms with Gasteiger partial charge in [-0.05, 0) is 47.7 Å². The minimum atomic E-state index is -0.662. The van der Waals surface area contributed by atoms with E-state index in [1.165, 1.54) is 25.3 Å². The third-order valence-electron chi connectivity index (χ3n) is 3.71. The topological polar surface area (TPSA) is 75.7 Å². The lowest BCUT2D eigenvalue weighted by molar-refractivity contribution is -0.127. The van der Waals surface area contributed by atoms with Crippen molar-refractivity contribution in [2.45, 2.75) is 0 Å². The Hall–Kier alpha value is -3.13. The Morgan fingerprint density at radius 3 is 2.74 bits per heavy atom. The molecule has 27 heavy (non-hydrogen) atoms. The van der Waals surface area contributed by atoms with Gasteiger partial charge in [0.05, 0.1) is 17.7 Å². The fourth-order valence-corrected chi connectivity index (χ4v) is 3.25. The van der Waals surface area contributed by atoms with Gasteiger partial charge in [0.2, 0.25) is 5.91 Å². The number of carbonyl (C=O) groups is 3. The largest absolute Gasteiger partial charge is 0.497 e. The van der Waals surface area contributed by atoms with Gasteiger partial charge < -0.3 is 10.1 Å². The maximum absolute atomic E-state index is 13.6. The summed E-state index contributed by atoms with van der Waals surface area (Å²) in [6.45, 7) is -0.492. The van der Waals surface area contributed by atoms with Crippen LogP contribution in [0.1, 0.15) is 5.56 Å². The van der Waals surface area contributed by atoms with Crippen LogP contribution in [0.2, 0.25) is 0 Å². The Labute approximate surface area is 159 Å². The highest BCUT2D eigenvalue weighted by Gasteiger charge is 2.36. The van der Waals surface area contributed by atoms with Crippen LogP contribution in [-0.4, -0.2) is 35.6 Å². The number of hydrogen-bond acceptors (Lipinski definition) is 5. The number of carbonyl (C=O) groups excluding carboxylic acids is 3. The maximum atomic E-state index is 13.6. The summed E-state index contributed by atoms with van der Waals surface area (Å²) >= 11 is 0.745. The summed E-state index contributed by atoms with van der Waals surface area (Å²) in [5.74, 6) is -1.22. The number of rotatable bonds is 5. The molecule has 0 unspecified atom stereocenters. The van der Waals surface area contributed by atoms with Crippen molar-refractivity contribution in [2.24, 2.45) is 0 Å². The molecule has 1 saturated heterocycles. The van der Waals surface area contributed by atoms with Crippen LogP contribution in [0.4, 0.5) is 14.9 Å². The Morgan fingerprint density at radius 2 is 2.00 bits per heavy atom. The molecule has 0 radical (unpaired) electrons. The molecule has 2 aromatic carbocycles. The molecule has 1 N–H and O–H groups in total. The number of ether oxygens (including phenoxy) is 1. The second-order valence-electron chi connectivity index (χ2n) is 5.57. The zero-order valence-electron chi connectivity index (χ0n) is 14.3. The summed E-state index contributed by atoms with van der Waals surface area (Å²) in [6.07, 6.45) is 1.56. The average molecular weight is 386 g/mol. The van der Waals surface area contributed by atoms with Crippen molar-refractivity contribution in [3.8, 4) is 5.75 Å². The van der Waals surface area contributed by atoms with E-state index in [-0.39, 0.29) is 10.6 Å². The Morgan fingerprint density at radius 1 is 1.22 bits per heavy atom. The smallest absolute Gasteiger partial charge is 0.294 e. The van der Waals surface area contributed by atoms with Gasteiger partial charge in [-0.3, -0.25) is 19.3 Å². The minimum absolute atomic E-state index is 0.0126. The normalized spacial score (nSPS) is 15.3. The van der Waals surface area contributed by atoms with E-state index in [1.54, 1.807) is 36.4 Å². The van der Waals surface area contributed by atoms with E-state index in [1.807, 2.05) is 0 Å². The van der Waals surface area contributed by atoms with Crippen LogP contribution in [0.15, 0.2) is 53.4 Å². The number of amides is 3. The number of para-hydroxylation sites is 1. The molecule has 0 aliphatic carbocycles. The van der Waals surface area contributed by atoms with Crippen molar-refractivity contribution in [1.82, 2.24) is 4.90 Å². The van der Waals surface area contributed by atoms with E-state index in [4.69, 9.17) is 4.74 Å². The van der Waals surface area contributed by atoms with Gasteiger partial charge in [0, 0.05) is 0 Å². The Kier molecular flexibility index (Phi) is 5.56. The molecule has 138 valence electrons. The van der Waals surface area contributed by atoms with E-state index in [9.17, 15) is 18.8 Å². The second kappa shape index (κ2) is 8.05. The number of hydrogen-bond donors (Lipinski definition) is 1. The fourth-order valence-electron chi connectivity index (χ4n) is 2.41. The number of imide groups is 1. The predicted octanol–water partition coefficient (Wildman–Crippen LogP) is 3.51. The van der Waals surface area contributed by atoms with Crippen molar-refractivity contribution < 1.29 is 23.5 Å². The monoisotopic (exact) mass is 386 g/mol. The molecule has 3 amide bonds. The molecule has 6 nitrogen and oxygen atoms in total. The highest BCUT2D eigenvalue weighted by Crippen LogP contribution is 2.32. The highest BCUT2D eigenvalue weighted by molar-refractivity contribution is 8.18. The van der Waals surface area contributed by atoms with Gasteiger partial charge in [0.25, 0.3) is 11.1 Å². The van der Waals surface area contributed by atoms with Gasteiger partial charge in [0.15, 0.2) is 0 Å². The number of nitrogens with zero attached hydrogens (tertiary/aromatic N) is 1. The van der Waals surface area contributed by atoms with Crippen molar-refractivity contribution in [1.29, 1.82) is 0 Å². The number of halogens is 1. The summed E-state index contributed by atoms with van der Waals surface area (Å²) in [4.78, 5) is 37.7. The fraction of sp³-hybridized carbons (Fsp3) is 0.105. The van der Waals surface area contributed by atoms with E-state index in [2.05, 4.69) is 5.32 Å². The van der Waals surface area contributed by atoms with E-state index >= 15 is 0 Å². The number of methoxy groups -OCH3 is 1. The molecule has 0 aromatic heterocycles. The average Bonchev–Trinajstić information content (AvgIpc) is 2.91. The van der Waals surface area contributed by atoms with Gasteiger partial charge in [-0.15, -0.1) is 0 Å². The van der Waals surface area contributed by atoms with Gasteiger partial charge in [-0.2, -0.15) is 0 Å². The van der Waals surface area contributed by atoms with E-state index < -0.39 is 29.4 Å².